The van der Waals surface area contributed by atoms with Crippen molar-refractivity contribution in [3.8, 4) is 0 Å². The van der Waals surface area contributed by atoms with Crippen LogP contribution in [0.15, 0.2) is 41.7 Å². The lowest BCUT2D eigenvalue weighted by Gasteiger charge is -2.35. The van der Waals surface area contributed by atoms with Crippen molar-refractivity contribution in [3.63, 3.8) is 0 Å². The van der Waals surface area contributed by atoms with Crippen LogP contribution in [0, 0.1) is 6.92 Å². The van der Waals surface area contributed by atoms with Crippen LogP contribution in [0.4, 0.5) is 19.0 Å². The van der Waals surface area contributed by atoms with Crippen molar-refractivity contribution in [1.82, 2.24) is 14.3 Å². The third-order valence-electron chi connectivity index (χ3n) is 4.20. The maximum atomic E-state index is 12.8. The van der Waals surface area contributed by atoms with Crippen molar-refractivity contribution in [3.05, 3.63) is 47.9 Å². The van der Waals surface area contributed by atoms with Crippen LogP contribution >= 0.6 is 0 Å². The van der Waals surface area contributed by atoms with Gasteiger partial charge in [-0.1, -0.05) is 6.07 Å². The van der Waals surface area contributed by atoms with E-state index in [-0.39, 0.29) is 18.0 Å². The van der Waals surface area contributed by atoms with Crippen LogP contribution in [-0.4, -0.2) is 48.9 Å². The quantitative estimate of drug-likeness (QED) is 0.810. The number of sulfonamides is 1. The van der Waals surface area contributed by atoms with Crippen molar-refractivity contribution in [2.75, 3.05) is 31.1 Å². The van der Waals surface area contributed by atoms with Gasteiger partial charge in [-0.25, -0.2) is 18.4 Å². The van der Waals surface area contributed by atoms with Gasteiger partial charge in [0.15, 0.2) is 0 Å². The molecule has 3 rings (SSSR count). The van der Waals surface area contributed by atoms with Crippen LogP contribution in [-0.2, 0) is 16.2 Å². The molecular weight excluding hydrogens is 369 g/mol. The summed E-state index contributed by atoms with van der Waals surface area (Å²) in [5, 5.41) is 0. The molecule has 2 heterocycles. The molecule has 2 aromatic rings. The summed E-state index contributed by atoms with van der Waals surface area (Å²) in [4.78, 5) is 9.72. The van der Waals surface area contributed by atoms with E-state index in [1.807, 2.05) is 11.8 Å². The van der Waals surface area contributed by atoms with E-state index >= 15 is 0 Å². The highest BCUT2D eigenvalue weighted by molar-refractivity contribution is 7.89. The summed E-state index contributed by atoms with van der Waals surface area (Å²) >= 11 is 0. The maximum absolute atomic E-state index is 12.8. The molecule has 0 spiro atoms. The van der Waals surface area contributed by atoms with E-state index in [4.69, 9.17) is 0 Å². The molecule has 0 radical (unpaired) electrons. The third kappa shape index (κ3) is 3.65. The van der Waals surface area contributed by atoms with E-state index in [2.05, 4.69) is 9.97 Å². The highest BCUT2D eigenvalue weighted by Crippen LogP contribution is 2.31. The Labute approximate surface area is 149 Å². The Morgan fingerprint density at radius 2 is 1.81 bits per heavy atom. The normalized spacial score (nSPS) is 16.7. The fourth-order valence-electron chi connectivity index (χ4n) is 2.85. The van der Waals surface area contributed by atoms with Crippen LogP contribution in [0.1, 0.15) is 11.1 Å². The zero-order chi connectivity index (χ0) is 18.9. The molecular formula is C16H17F3N4O2S. The molecule has 1 aromatic carbocycles. The van der Waals surface area contributed by atoms with E-state index in [0.29, 0.717) is 19.2 Å². The molecule has 1 aliphatic heterocycles. The second-order valence-electron chi connectivity index (χ2n) is 5.95. The van der Waals surface area contributed by atoms with E-state index in [1.54, 1.807) is 6.20 Å². The Morgan fingerprint density at radius 1 is 1.12 bits per heavy atom. The minimum atomic E-state index is -4.59. The lowest BCUT2D eigenvalue weighted by Crippen LogP contribution is -2.49. The molecule has 140 valence electrons. The summed E-state index contributed by atoms with van der Waals surface area (Å²) < 4.78 is 65.1. The van der Waals surface area contributed by atoms with Gasteiger partial charge in [-0.05, 0) is 25.1 Å². The minimum absolute atomic E-state index is 0.169. The number of anilines is 1. The molecule has 1 aliphatic rings. The van der Waals surface area contributed by atoms with Crippen molar-refractivity contribution in [2.24, 2.45) is 0 Å². The lowest BCUT2D eigenvalue weighted by molar-refractivity contribution is -0.137. The first-order valence-electron chi connectivity index (χ1n) is 7.88. The number of hydrogen-bond acceptors (Lipinski definition) is 5. The van der Waals surface area contributed by atoms with Gasteiger partial charge in [-0.2, -0.15) is 17.5 Å². The van der Waals surface area contributed by atoms with Gasteiger partial charge in [-0.3, -0.25) is 0 Å². The Bertz CT molecular complexity index is 894. The Balaban J connectivity index is 1.78. The Hall–Kier alpha value is -2.20. The summed E-state index contributed by atoms with van der Waals surface area (Å²) in [7, 11) is -3.99. The summed E-state index contributed by atoms with van der Waals surface area (Å²) in [5.41, 5.74) is -0.101. The fraction of sp³-hybridized carbons (Fsp3) is 0.375. The highest BCUT2D eigenvalue weighted by atomic mass is 32.2. The Morgan fingerprint density at radius 3 is 2.42 bits per heavy atom. The summed E-state index contributed by atoms with van der Waals surface area (Å²) in [6.45, 7) is 3.00. The minimum Gasteiger partial charge on any atom is -0.354 e. The van der Waals surface area contributed by atoms with Crippen molar-refractivity contribution in [2.45, 2.75) is 18.0 Å². The molecule has 10 heteroatoms. The summed E-state index contributed by atoms with van der Waals surface area (Å²) in [5.74, 6) is 0.733. The molecule has 0 saturated carbocycles. The lowest BCUT2D eigenvalue weighted by atomic mass is 10.2. The van der Waals surface area contributed by atoms with Gasteiger partial charge in [0, 0.05) is 37.9 Å². The van der Waals surface area contributed by atoms with Gasteiger partial charge in [0.05, 0.1) is 10.5 Å². The molecule has 0 bridgehead atoms. The number of aryl methyl sites for hydroxylation is 1. The molecule has 1 aromatic heterocycles. The maximum Gasteiger partial charge on any atom is 0.416 e. The number of hydrogen-bond donors (Lipinski definition) is 0. The van der Waals surface area contributed by atoms with E-state index in [9.17, 15) is 21.6 Å². The predicted octanol–water partition coefficient (Wildman–Crippen LogP) is 2.31. The monoisotopic (exact) mass is 386 g/mol. The van der Waals surface area contributed by atoms with Gasteiger partial charge in [0.25, 0.3) is 0 Å². The predicted molar refractivity (Wildman–Crippen MR) is 89.2 cm³/mol. The number of piperazine rings is 1. The van der Waals surface area contributed by atoms with Crippen molar-refractivity contribution < 1.29 is 21.6 Å². The van der Waals surface area contributed by atoms with Crippen LogP contribution in [0.25, 0.3) is 0 Å². The molecule has 0 aliphatic carbocycles. The summed E-state index contributed by atoms with van der Waals surface area (Å²) in [6, 6.07) is 3.83. The van der Waals surface area contributed by atoms with Crippen molar-refractivity contribution in [1.29, 1.82) is 0 Å². The molecule has 0 amide bonds. The molecule has 1 saturated heterocycles. The van der Waals surface area contributed by atoms with Gasteiger partial charge in [0.2, 0.25) is 10.0 Å². The second-order valence-corrected chi connectivity index (χ2v) is 7.88. The average molecular weight is 386 g/mol. The summed E-state index contributed by atoms with van der Waals surface area (Å²) in [6.07, 6.45) is -1.49. The van der Waals surface area contributed by atoms with Gasteiger partial charge < -0.3 is 4.90 Å². The molecule has 26 heavy (non-hydrogen) atoms. The first-order chi connectivity index (χ1) is 12.2. The first-order valence-corrected chi connectivity index (χ1v) is 9.32. The molecule has 1 fully saturated rings. The van der Waals surface area contributed by atoms with Crippen molar-refractivity contribution >= 4 is 15.8 Å². The van der Waals surface area contributed by atoms with Crippen LogP contribution < -0.4 is 4.90 Å². The number of alkyl halides is 3. The topological polar surface area (TPSA) is 66.4 Å². The van der Waals surface area contributed by atoms with Gasteiger partial charge in [0.1, 0.15) is 12.1 Å². The smallest absolute Gasteiger partial charge is 0.354 e. The zero-order valence-electron chi connectivity index (χ0n) is 13.9. The third-order valence-corrected chi connectivity index (χ3v) is 6.10. The highest BCUT2D eigenvalue weighted by Gasteiger charge is 2.34. The number of nitrogens with zero attached hydrogens (tertiary/aromatic N) is 4. The number of benzene rings is 1. The second kappa shape index (κ2) is 6.84. The Kier molecular flexibility index (Phi) is 4.89. The van der Waals surface area contributed by atoms with E-state index in [1.165, 1.54) is 16.7 Å². The fourth-order valence-corrected chi connectivity index (χ4v) is 4.31. The number of halogens is 3. The molecule has 0 N–H and O–H groups in total. The largest absolute Gasteiger partial charge is 0.416 e. The molecule has 0 atom stereocenters. The van der Waals surface area contributed by atoms with Crippen LogP contribution in [0.3, 0.4) is 0 Å². The van der Waals surface area contributed by atoms with Crippen LogP contribution in [0.5, 0.6) is 0 Å². The standard InChI is InChI=1S/C16H17F3N4O2S/c1-12-10-20-11-21-15(12)22-5-7-23(8-6-22)26(24,25)14-4-2-3-13(9-14)16(17,18)19/h2-4,9-11H,5-8H2,1H3. The van der Waals surface area contributed by atoms with Gasteiger partial charge in [-0.15, -0.1) is 0 Å². The molecule has 6 nitrogen and oxygen atoms in total. The zero-order valence-corrected chi connectivity index (χ0v) is 14.8. The number of rotatable bonds is 3. The number of aromatic nitrogens is 2. The molecule has 0 unspecified atom stereocenters. The van der Waals surface area contributed by atoms with Gasteiger partial charge >= 0.3 is 6.18 Å². The average Bonchev–Trinajstić information content (AvgIpc) is 2.62. The first kappa shape index (κ1) is 18.6. The SMILES string of the molecule is Cc1cncnc1N1CCN(S(=O)(=O)c2cccc(C(F)(F)F)c2)CC1. The van der Waals surface area contributed by atoms with E-state index < -0.39 is 21.8 Å². The van der Waals surface area contributed by atoms with Crippen LogP contribution in [0.2, 0.25) is 0 Å². The van der Waals surface area contributed by atoms with E-state index in [0.717, 1.165) is 23.5 Å².